The van der Waals surface area contributed by atoms with Crippen molar-refractivity contribution in [3.8, 4) is 0 Å². The molecule has 2 rings (SSSR count). The van der Waals surface area contributed by atoms with Crippen LogP contribution in [0.1, 0.15) is 13.3 Å². The topological polar surface area (TPSA) is 84.0 Å². The number of nitrogens with zero attached hydrogens (tertiary/aromatic N) is 2. The van der Waals surface area contributed by atoms with Crippen molar-refractivity contribution in [1.29, 1.82) is 0 Å². The monoisotopic (exact) mass is 384 g/mol. The fourth-order valence-corrected chi connectivity index (χ4v) is 2.80. The lowest BCUT2D eigenvalue weighted by atomic mass is 10.3. The normalized spacial score (nSPS) is 10.3. The van der Waals surface area contributed by atoms with Gasteiger partial charge in [0.05, 0.1) is 5.75 Å². The third-order valence-corrected chi connectivity index (χ3v) is 4.08. The summed E-state index contributed by atoms with van der Waals surface area (Å²) in [7, 11) is 0. The highest BCUT2D eigenvalue weighted by Crippen LogP contribution is 2.23. The van der Waals surface area contributed by atoms with Gasteiger partial charge in [0.1, 0.15) is 5.03 Å². The average Bonchev–Trinajstić information content (AvgIpc) is 2.53. The standard InChI is InChI=1S/C15H14Cl2N4O2S/c1-2-13(22)19-12-3-4-15(21-20-12)24-8-14(23)18-11-6-9(16)5-10(17)7-11/h3-7H,2,8H2,1H3,(H,18,23)(H,19,20,22). The van der Waals surface area contributed by atoms with Crippen LogP contribution in [-0.4, -0.2) is 27.8 Å². The number of carbonyl (C=O) groups excluding carboxylic acids is 2. The Morgan fingerprint density at radius 1 is 1.04 bits per heavy atom. The van der Waals surface area contributed by atoms with Crippen molar-refractivity contribution in [3.63, 3.8) is 0 Å². The van der Waals surface area contributed by atoms with E-state index in [0.717, 1.165) is 0 Å². The van der Waals surface area contributed by atoms with E-state index in [1.807, 2.05) is 0 Å². The molecule has 24 heavy (non-hydrogen) atoms. The van der Waals surface area contributed by atoms with Crippen LogP contribution >= 0.6 is 35.0 Å². The molecule has 0 aliphatic heterocycles. The highest BCUT2D eigenvalue weighted by atomic mass is 35.5. The second-order valence-corrected chi connectivity index (χ2v) is 6.52. The molecule has 0 saturated carbocycles. The first-order valence-electron chi connectivity index (χ1n) is 6.98. The summed E-state index contributed by atoms with van der Waals surface area (Å²) in [4.78, 5) is 23.2. The Morgan fingerprint density at radius 3 is 2.33 bits per heavy atom. The van der Waals surface area contributed by atoms with Crippen molar-refractivity contribution < 1.29 is 9.59 Å². The van der Waals surface area contributed by atoms with Crippen molar-refractivity contribution >= 4 is 58.3 Å². The van der Waals surface area contributed by atoms with Gasteiger partial charge in [-0.1, -0.05) is 41.9 Å². The first kappa shape index (κ1) is 18.5. The molecular weight excluding hydrogens is 371 g/mol. The first-order valence-corrected chi connectivity index (χ1v) is 8.72. The molecule has 2 N–H and O–H groups in total. The minimum atomic E-state index is -0.219. The van der Waals surface area contributed by atoms with Crippen LogP contribution in [-0.2, 0) is 9.59 Å². The predicted molar refractivity (Wildman–Crippen MR) is 96.8 cm³/mol. The van der Waals surface area contributed by atoms with Gasteiger partial charge in [-0.05, 0) is 30.3 Å². The van der Waals surface area contributed by atoms with Crippen molar-refractivity contribution in [1.82, 2.24) is 10.2 Å². The predicted octanol–water partition coefficient (Wildman–Crippen LogP) is 3.86. The number of rotatable bonds is 6. The van der Waals surface area contributed by atoms with Gasteiger partial charge in [-0.15, -0.1) is 10.2 Å². The Balaban J connectivity index is 1.86. The summed E-state index contributed by atoms with van der Waals surface area (Å²) in [6.07, 6.45) is 0.367. The number of carbonyl (C=O) groups is 2. The van der Waals surface area contributed by atoms with E-state index in [-0.39, 0.29) is 17.6 Å². The summed E-state index contributed by atoms with van der Waals surface area (Å²) < 4.78 is 0. The van der Waals surface area contributed by atoms with E-state index in [1.54, 1.807) is 37.3 Å². The maximum atomic E-state index is 11.9. The minimum Gasteiger partial charge on any atom is -0.325 e. The molecule has 1 aromatic carbocycles. The molecule has 9 heteroatoms. The van der Waals surface area contributed by atoms with Crippen LogP contribution in [0.15, 0.2) is 35.4 Å². The summed E-state index contributed by atoms with van der Waals surface area (Å²) in [5, 5.41) is 14.6. The Morgan fingerprint density at radius 2 is 1.75 bits per heavy atom. The molecule has 2 amide bonds. The Kier molecular flexibility index (Phi) is 6.84. The lowest BCUT2D eigenvalue weighted by molar-refractivity contribution is -0.116. The smallest absolute Gasteiger partial charge is 0.234 e. The Bertz CT molecular complexity index is 721. The second-order valence-electron chi connectivity index (χ2n) is 4.65. The molecule has 6 nitrogen and oxygen atoms in total. The third kappa shape index (κ3) is 5.99. The molecule has 0 aliphatic carbocycles. The van der Waals surface area contributed by atoms with Crippen LogP contribution < -0.4 is 10.6 Å². The number of hydrogen-bond donors (Lipinski definition) is 2. The van der Waals surface area contributed by atoms with Crippen LogP contribution in [0.4, 0.5) is 11.5 Å². The molecule has 0 radical (unpaired) electrons. The quantitative estimate of drug-likeness (QED) is 0.738. The molecule has 0 bridgehead atoms. The molecule has 1 aromatic heterocycles. The highest BCUT2D eigenvalue weighted by Gasteiger charge is 2.07. The molecule has 2 aromatic rings. The molecule has 0 spiro atoms. The lowest BCUT2D eigenvalue weighted by Crippen LogP contribution is -2.14. The van der Waals surface area contributed by atoms with Crippen LogP contribution in [0.25, 0.3) is 0 Å². The van der Waals surface area contributed by atoms with Crippen LogP contribution in [0.2, 0.25) is 10.0 Å². The van der Waals surface area contributed by atoms with Gasteiger partial charge in [0.25, 0.3) is 0 Å². The van der Waals surface area contributed by atoms with E-state index in [0.29, 0.717) is 33.0 Å². The van der Waals surface area contributed by atoms with Gasteiger partial charge >= 0.3 is 0 Å². The highest BCUT2D eigenvalue weighted by molar-refractivity contribution is 7.99. The average molecular weight is 385 g/mol. The maximum absolute atomic E-state index is 11.9. The molecule has 126 valence electrons. The number of halogens is 2. The largest absolute Gasteiger partial charge is 0.325 e. The van der Waals surface area contributed by atoms with Crippen molar-refractivity contribution in [2.45, 2.75) is 18.4 Å². The number of anilines is 2. The molecule has 0 saturated heterocycles. The first-order chi connectivity index (χ1) is 11.5. The zero-order valence-corrected chi connectivity index (χ0v) is 15.0. The fraction of sp³-hybridized carbons (Fsp3) is 0.200. The van der Waals surface area contributed by atoms with E-state index in [4.69, 9.17) is 23.2 Å². The number of benzene rings is 1. The number of amides is 2. The van der Waals surface area contributed by atoms with Crippen molar-refractivity contribution in [2.24, 2.45) is 0 Å². The molecule has 1 heterocycles. The molecule has 0 atom stereocenters. The minimum absolute atomic E-state index is 0.135. The lowest BCUT2D eigenvalue weighted by Gasteiger charge is -2.06. The zero-order valence-electron chi connectivity index (χ0n) is 12.7. The van der Waals surface area contributed by atoms with E-state index in [1.165, 1.54) is 11.8 Å². The van der Waals surface area contributed by atoms with E-state index >= 15 is 0 Å². The number of aromatic nitrogens is 2. The summed E-state index contributed by atoms with van der Waals surface area (Å²) in [5.41, 5.74) is 0.529. The van der Waals surface area contributed by atoms with Gasteiger partial charge in [-0.3, -0.25) is 9.59 Å². The van der Waals surface area contributed by atoms with Gasteiger partial charge in [0, 0.05) is 22.2 Å². The van der Waals surface area contributed by atoms with E-state index in [9.17, 15) is 9.59 Å². The zero-order chi connectivity index (χ0) is 17.5. The van der Waals surface area contributed by atoms with E-state index < -0.39 is 0 Å². The van der Waals surface area contributed by atoms with Gasteiger partial charge in [0.15, 0.2) is 5.82 Å². The van der Waals surface area contributed by atoms with Gasteiger partial charge in [-0.2, -0.15) is 0 Å². The molecule has 0 fully saturated rings. The van der Waals surface area contributed by atoms with Crippen LogP contribution in [0, 0.1) is 0 Å². The Hall–Kier alpha value is -1.83. The van der Waals surface area contributed by atoms with Crippen LogP contribution in [0.3, 0.4) is 0 Å². The summed E-state index contributed by atoms with van der Waals surface area (Å²) >= 11 is 13.0. The maximum Gasteiger partial charge on any atom is 0.234 e. The summed E-state index contributed by atoms with van der Waals surface area (Å²) in [6.45, 7) is 1.75. The molecule has 0 unspecified atom stereocenters. The number of thioether (sulfide) groups is 1. The van der Waals surface area contributed by atoms with Crippen LogP contribution in [0.5, 0.6) is 0 Å². The number of nitrogens with one attached hydrogen (secondary N) is 2. The molecular formula is C15H14Cl2N4O2S. The van der Waals surface area contributed by atoms with Crippen molar-refractivity contribution in [3.05, 3.63) is 40.4 Å². The third-order valence-electron chi connectivity index (χ3n) is 2.73. The van der Waals surface area contributed by atoms with Gasteiger partial charge in [0.2, 0.25) is 11.8 Å². The second kappa shape index (κ2) is 8.86. The summed E-state index contributed by atoms with van der Waals surface area (Å²) in [6, 6.07) is 8.13. The SMILES string of the molecule is CCC(=O)Nc1ccc(SCC(=O)Nc2cc(Cl)cc(Cl)c2)nn1. The number of hydrogen-bond acceptors (Lipinski definition) is 5. The Labute approximate surface area is 153 Å². The fourth-order valence-electron chi connectivity index (χ4n) is 1.66. The van der Waals surface area contributed by atoms with E-state index in [2.05, 4.69) is 20.8 Å². The van der Waals surface area contributed by atoms with Gasteiger partial charge in [-0.25, -0.2) is 0 Å². The van der Waals surface area contributed by atoms with Gasteiger partial charge < -0.3 is 10.6 Å². The summed E-state index contributed by atoms with van der Waals surface area (Å²) in [5.74, 6) is 0.177. The molecule has 0 aliphatic rings. The van der Waals surface area contributed by atoms with Crippen molar-refractivity contribution in [2.75, 3.05) is 16.4 Å².